The van der Waals surface area contributed by atoms with Gasteiger partial charge < -0.3 is 10.6 Å². The van der Waals surface area contributed by atoms with Crippen LogP contribution in [0.2, 0.25) is 0 Å². The monoisotopic (exact) mass is 332 g/mol. The second-order valence-electron chi connectivity index (χ2n) is 6.80. The Kier molecular flexibility index (Phi) is 5.28. The molecular weight excluding hydrogens is 304 g/mol. The lowest BCUT2D eigenvalue weighted by molar-refractivity contribution is 0.972. The van der Waals surface area contributed by atoms with Gasteiger partial charge in [0.1, 0.15) is 0 Å². The summed E-state index contributed by atoms with van der Waals surface area (Å²) in [5.74, 6) is 0. The molecule has 0 fully saturated rings. The van der Waals surface area contributed by atoms with E-state index < -0.39 is 0 Å². The number of fused-ring (bicyclic) bond motifs is 1. The summed E-state index contributed by atoms with van der Waals surface area (Å²) < 4.78 is 0. The molecule has 0 radical (unpaired) electrons. The highest BCUT2D eigenvalue weighted by Gasteiger charge is 2.16. The van der Waals surface area contributed by atoms with E-state index in [0.29, 0.717) is 0 Å². The first-order valence-electron chi connectivity index (χ1n) is 9.19. The van der Waals surface area contributed by atoms with Crippen molar-refractivity contribution in [1.82, 2.24) is 0 Å². The molecule has 2 aromatic carbocycles. The molecule has 0 amide bonds. The molecule has 25 heavy (non-hydrogen) atoms. The average molecular weight is 332 g/mol. The number of allylic oxidation sites excluding steroid dienone is 2. The van der Waals surface area contributed by atoms with Crippen LogP contribution in [0.15, 0.2) is 54.7 Å². The summed E-state index contributed by atoms with van der Waals surface area (Å²) in [6, 6.07) is 15.2. The number of hydrogen-bond donors (Lipinski definition) is 2. The highest BCUT2D eigenvalue weighted by atomic mass is 15.0. The molecule has 2 nitrogen and oxygen atoms in total. The zero-order valence-corrected chi connectivity index (χ0v) is 15.6. The van der Waals surface area contributed by atoms with Crippen molar-refractivity contribution >= 4 is 22.5 Å². The fraction of sp³-hybridized carbons (Fsp3) is 0.304. The summed E-state index contributed by atoms with van der Waals surface area (Å²) in [4.78, 5) is 0. The van der Waals surface area contributed by atoms with Crippen LogP contribution in [0.3, 0.4) is 0 Å². The molecule has 3 rings (SSSR count). The second kappa shape index (κ2) is 7.60. The standard InChI is InChI=1S/C23H28N2/c1-5-9-20(19-11-7-6-10-16(19)2)18(4)21-12-8-13-22-23(21)24-15-14-17(3)25-22/h6-8,10-13,24-25H,3,5,9,14-15H2,1-2,4H3/b20-18+. The van der Waals surface area contributed by atoms with Gasteiger partial charge in [-0.05, 0) is 48.6 Å². The van der Waals surface area contributed by atoms with Crippen LogP contribution in [0.5, 0.6) is 0 Å². The van der Waals surface area contributed by atoms with E-state index in [4.69, 9.17) is 0 Å². The predicted octanol–water partition coefficient (Wildman–Crippen LogP) is 6.47. The van der Waals surface area contributed by atoms with E-state index in [1.54, 1.807) is 0 Å². The third-order valence-corrected chi connectivity index (χ3v) is 4.93. The quantitative estimate of drug-likeness (QED) is 0.627. The van der Waals surface area contributed by atoms with E-state index in [-0.39, 0.29) is 0 Å². The number of aryl methyl sites for hydroxylation is 1. The van der Waals surface area contributed by atoms with Crippen molar-refractivity contribution in [2.24, 2.45) is 0 Å². The first-order chi connectivity index (χ1) is 12.1. The van der Waals surface area contributed by atoms with Crippen LogP contribution in [0, 0.1) is 6.92 Å². The van der Waals surface area contributed by atoms with Crippen LogP contribution in [-0.2, 0) is 0 Å². The molecular formula is C23H28N2. The SMILES string of the molecule is C=C1CCNc2c(cccc2/C(C)=C(\CCC)c2ccccc2C)N1. The molecule has 2 heteroatoms. The predicted molar refractivity (Wildman–Crippen MR) is 111 cm³/mol. The molecule has 2 aromatic rings. The lowest BCUT2D eigenvalue weighted by atomic mass is 9.89. The van der Waals surface area contributed by atoms with Crippen molar-refractivity contribution < 1.29 is 0 Å². The van der Waals surface area contributed by atoms with E-state index in [2.05, 4.69) is 80.4 Å². The van der Waals surface area contributed by atoms with E-state index in [1.165, 1.54) is 33.5 Å². The number of anilines is 2. The number of benzene rings is 2. The third kappa shape index (κ3) is 3.63. The number of rotatable bonds is 4. The highest BCUT2D eigenvalue weighted by molar-refractivity contribution is 5.96. The van der Waals surface area contributed by atoms with Gasteiger partial charge in [-0.25, -0.2) is 0 Å². The first-order valence-corrected chi connectivity index (χ1v) is 9.19. The summed E-state index contributed by atoms with van der Waals surface area (Å²) in [6.45, 7) is 11.7. The van der Waals surface area contributed by atoms with Gasteiger partial charge in [0, 0.05) is 24.2 Å². The second-order valence-corrected chi connectivity index (χ2v) is 6.80. The van der Waals surface area contributed by atoms with E-state index in [0.717, 1.165) is 37.2 Å². The van der Waals surface area contributed by atoms with Crippen LogP contribution >= 0.6 is 0 Å². The maximum Gasteiger partial charge on any atom is 0.0655 e. The minimum Gasteiger partial charge on any atom is -0.382 e. The fourth-order valence-electron chi connectivity index (χ4n) is 3.60. The van der Waals surface area contributed by atoms with Gasteiger partial charge in [-0.3, -0.25) is 0 Å². The maximum absolute atomic E-state index is 4.11. The molecule has 0 atom stereocenters. The Morgan fingerprint density at radius 1 is 1.08 bits per heavy atom. The van der Waals surface area contributed by atoms with Gasteiger partial charge in [-0.2, -0.15) is 0 Å². The normalized spacial score (nSPS) is 14.8. The molecule has 0 saturated carbocycles. The topological polar surface area (TPSA) is 24.1 Å². The molecule has 1 aliphatic heterocycles. The van der Waals surface area contributed by atoms with Crippen LogP contribution < -0.4 is 10.6 Å². The van der Waals surface area contributed by atoms with Gasteiger partial charge in [-0.1, -0.05) is 56.3 Å². The largest absolute Gasteiger partial charge is 0.382 e. The van der Waals surface area contributed by atoms with E-state index in [9.17, 15) is 0 Å². The molecule has 130 valence electrons. The molecule has 0 spiro atoms. The fourth-order valence-corrected chi connectivity index (χ4v) is 3.60. The van der Waals surface area contributed by atoms with Gasteiger partial charge in [0.2, 0.25) is 0 Å². The molecule has 1 heterocycles. The van der Waals surface area contributed by atoms with E-state index in [1.807, 2.05) is 0 Å². The van der Waals surface area contributed by atoms with Crippen molar-refractivity contribution in [2.75, 3.05) is 17.2 Å². The Labute approximate surface area is 151 Å². The molecule has 0 aromatic heterocycles. The maximum atomic E-state index is 4.11. The minimum absolute atomic E-state index is 0.913. The Morgan fingerprint density at radius 3 is 2.60 bits per heavy atom. The number of para-hydroxylation sites is 1. The Hall–Kier alpha value is -2.48. The lowest BCUT2D eigenvalue weighted by Crippen LogP contribution is -2.02. The summed E-state index contributed by atoms with van der Waals surface area (Å²) in [5.41, 5.74) is 10.2. The minimum atomic E-state index is 0.913. The van der Waals surface area contributed by atoms with Crippen molar-refractivity contribution in [3.8, 4) is 0 Å². The smallest absolute Gasteiger partial charge is 0.0655 e. The van der Waals surface area contributed by atoms with Crippen molar-refractivity contribution in [2.45, 2.75) is 40.0 Å². The van der Waals surface area contributed by atoms with Crippen molar-refractivity contribution in [3.05, 3.63) is 71.4 Å². The Bertz CT molecular complexity index is 815. The summed E-state index contributed by atoms with van der Waals surface area (Å²) in [5, 5.41) is 7.07. The average Bonchev–Trinajstić information content (AvgIpc) is 2.80. The molecule has 0 unspecified atom stereocenters. The Morgan fingerprint density at radius 2 is 1.84 bits per heavy atom. The number of nitrogens with one attached hydrogen (secondary N) is 2. The van der Waals surface area contributed by atoms with Gasteiger partial charge >= 0.3 is 0 Å². The molecule has 1 aliphatic rings. The van der Waals surface area contributed by atoms with Crippen molar-refractivity contribution in [1.29, 1.82) is 0 Å². The molecule has 0 aliphatic carbocycles. The molecule has 2 N–H and O–H groups in total. The highest BCUT2D eigenvalue weighted by Crippen LogP contribution is 2.38. The van der Waals surface area contributed by atoms with Crippen LogP contribution in [0.1, 0.15) is 49.8 Å². The van der Waals surface area contributed by atoms with Crippen LogP contribution in [-0.4, -0.2) is 6.54 Å². The van der Waals surface area contributed by atoms with Gasteiger partial charge in [0.15, 0.2) is 0 Å². The van der Waals surface area contributed by atoms with Gasteiger partial charge in [0.05, 0.1) is 11.4 Å². The van der Waals surface area contributed by atoms with Gasteiger partial charge in [0.25, 0.3) is 0 Å². The molecule has 0 saturated heterocycles. The number of hydrogen-bond acceptors (Lipinski definition) is 2. The summed E-state index contributed by atoms with van der Waals surface area (Å²) in [7, 11) is 0. The summed E-state index contributed by atoms with van der Waals surface area (Å²) >= 11 is 0. The van der Waals surface area contributed by atoms with Crippen molar-refractivity contribution in [3.63, 3.8) is 0 Å². The lowest BCUT2D eigenvalue weighted by Gasteiger charge is -2.19. The van der Waals surface area contributed by atoms with Crippen LogP contribution in [0.25, 0.3) is 11.1 Å². The third-order valence-electron chi connectivity index (χ3n) is 4.93. The first kappa shape index (κ1) is 17.3. The van der Waals surface area contributed by atoms with Crippen LogP contribution in [0.4, 0.5) is 11.4 Å². The zero-order valence-electron chi connectivity index (χ0n) is 15.6. The summed E-state index contributed by atoms with van der Waals surface area (Å²) in [6.07, 6.45) is 3.16. The van der Waals surface area contributed by atoms with E-state index >= 15 is 0 Å². The van der Waals surface area contributed by atoms with Gasteiger partial charge in [-0.15, -0.1) is 0 Å². The Balaban J connectivity index is 2.16. The molecule has 0 bridgehead atoms. The zero-order chi connectivity index (χ0) is 17.8.